The largest absolute Gasteiger partial charge is 0.469 e. The summed E-state index contributed by atoms with van der Waals surface area (Å²) >= 11 is 0. The van der Waals surface area contributed by atoms with Crippen LogP contribution in [0.25, 0.3) is 0 Å². The summed E-state index contributed by atoms with van der Waals surface area (Å²) in [5.74, 6) is -0.897. The van der Waals surface area contributed by atoms with Crippen molar-refractivity contribution in [2.45, 2.75) is 32.5 Å². The molecule has 1 aliphatic heterocycles. The normalized spacial score (nSPS) is 15.8. The van der Waals surface area contributed by atoms with Gasteiger partial charge in [-0.1, -0.05) is 6.07 Å². The molecule has 0 aromatic heterocycles. The summed E-state index contributed by atoms with van der Waals surface area (Å²) in [6, 6.07) is 2.59. The first kappa shape index (κ1) is 24.4. The number of esters is 1. The molecule has 0 spiro atoms. The van der Waals surface area contributed by atoms with Gasteiger partial charge in [-0.3, -0.25) is 4.79 Å². The molecule has 1 N–H and O–H groups in total. The van der Waals surface area contributed by atoms with Gasteiger partial charge in [0.2, 0.25) is 0 Å². The van der Waals surface area contributed by atoms with E-state index in [9.17, 15) is 22.4 Å². The minimum Gasteiger partial charge on any atom is -0.469 e. The van der Waals surface area contributed by atoms with Crippen molar-refractivity contribution in [3.8, 4) is 0 Å². The van der Waals surface area contributed by atoms with E-state index in [0.29, 0.717) is 44.5 Å². The summed E-state index contributed by atoms with van der Waals surface area (Å²) in [5, 5.41) is 3.05. The molecule has 1 heterocycles. The Labute approximate surface area is 178 Å². The summed E-state index contributed by atoms with van der Waals surface area (Å²) in [6.45, 7) is 3.26. The fraction of sp³-hybridized carbons (Fsp3) is 0.556. The molecule has 0 atom stereocenters. The zero-order valence-corrected chi connectivity index (χ0v) is 18.0. The first-order chi connectivity index (χ1) is 12.8. The number of nitrogens with zero attached hydrogens (tertiary/aromatic N) is 2. The quantitative estimate of drug-likeness (QED) is 0.217. The van der Waals surface area contributed by atoms with Crippen LogP contribution in [0.1, 0.15) is 30.9 Å². The van der Waals surface area contributed by atoms with E-state index in [2.05, 4.69) is 10.3 Å². The highest BCUT2D eigenvalue weighted by Gasteiger charge is 2.34. The van der Waals surface area contributed by atoms with Gasteiger partial charge in [0.25, 0.3) is 0 Å². The number of aliphatic imine (C=N–C) groups is 1. The highest BCUT2D eigenvalue weighted by molar-refractivity contribution is 14.0. The number of nitrogens with one attached hydrogen (secondary N) is 1. The summed E-state index contributed by atoms with van der Waals surface area (Å²) in [6.07, 6.45) is -3.48. The standard InChI is InChI=1S/C18H23F4N3O2.HI/c1-3-23-17(25-8-6-12(7-9-25)16(26)27-2)24-11-13-4-5-14(19)10-15(13)18(20,21)22;/h4-5,10,12H,3,6-9,11H2,1-2H3,(H,23,24);1H. The van der Waals surface area contributed by atoms with Crippen molar-refractivity contribution in [1.82, 2.24) is 10.2 Å². The van der Waals surface area contributed by atoms with Gasteiger partial charge in [0.15, 0.2) is 5.96 Å². The lowest BCUT2D eigenvalue weighted by Crippen LogP contribution is -2.46. The van der Waals surface area contributed by atoms with E-state index in [1.165, 1.54) is 7.11 Å². The molecule has 0 unspecified atom stereocenters. The van der Waals surface area contributed by atoms with E-state index in [-0.39, 0.29) is 48.0 Å². The summed E-state index contributed by atoms with van der Waals surface area (Å²) in [7, 11) is 1.35. The number of alkyl halides is 3. The second kappa shape index (κ2) is 10.8. The van der Waals surface area contributed by atoms with Crippen LogP contribution in [0.2, 0.25) is 0 Å². The summed E-state index contributed by atoms with van der Waals surface area (Å²) in [5.41, 5.74) is -1.12. The second-order valence-corrected chi connectivity index (χ2v) is 6.25. The zero-order valence-electron chi connectivity index (χ0n) is 15.7. The first-order valence-electron chi connectivity index (χ1n) is 8.73. The Morgan fingerprint density at radius 3 is 2.50 bits per heavy atom. The molecule has 2 rings (SSSR count). The molecule has 0 saturated carbocycles. The Bertz CT molecular complexity index is 690. The van der Waals surface area contributed by atoms with E-state index < -0.39 is 17.6 Å². The molecule has 1 aromatic rings. The Balaban J connectivity index is 0.00000392. The lowest BCUT2D eigenvalue weighted by molar-refractivity contribution is -0.146. The van der Waals surface area contributed by atoms with Crippen LogP contribution in [0.5, 0.6) is 0 Å². The van der Waals surface area contributed by atoms with E-state index in [1.807, 2.05) is 11.8 Å². The third kappa shape index (κ3) is 6.49. The van der Waals surface area contributed by atoms with Crippen LogP contribution in [0.4, 0.5) is 17.6 Å². The minimum atomic E-state index is -4.65. The molecule has 0 aliphatic carbocycles. The van der Waals surface area contributed by atoms with E-state index in [0.717, 1.165) is 12.1 Å². The fourth-order valence-corrected chi connectivity index (χ4v) is 3.03. The van der Waals surface area contributed by atoms with Crippen molar-refractivity contribution in [3.63, 3.8) is 0 Å². The van der Waals surface area contributed by atoms with Crippen LogP contribution in [-0.4, -0.2) is 43.6 Å². The maximum atomic E-state index is 13.2. The third-order valence-electron chi connectivity index (χ3n) is 4.44. The number of hydrogen-bond donors (Lipinski definition) is 1. The lowest BCUT2D eigenvalue weighted by Gasteiger charge is -2.33. The molecule has 0 bridgehead atoms. The molecule has 5 nitrogen and oxygen atoms in total. The van der Waals surface area contributed by atoms with Gasteiger partial charge in [0.1, 0.15) is 5.82 Å². The molecule has 1 aliphatic rings. The van der Waals surface area contributed by atoms with Gasteiger partial charge in [0.05, 0.1) is 25.1 Å². The van der Waals surface area contributed by atoms with Gasteiger partial charge in [-0.05, 0) is 37.5 Å². The van der Waals surface area contributed by atoms with Gasteiger partial charge in [0, 0.05) is 19.6 Å². The third-order valence-corrected chi connectivity index (χ3v) is 4.44. The topological polar surface area (TPSA) is 53.9 Å². The number of rotatable bonds is 4. The van der Waals surface area contributed by atoms with Gasteiger partial charge < -0.3 is 15.0 Å². The average molecular weight is 517 g/mol. The molecule has 28 heavy (non-hydrogen) atoms. The molecule has 0 radical (unpaired) electrons. The molecular formula is C18H24F4IN3O2. The van der Waals surface area contributed by atoms with Crippen molar-refractivity contribution < 1.29 is 27.1 Å². The number of carbonyl (C=O) groups is 1. The van der Waals surface area contributed by atoms with Crippen LogP contribution in [-0.2, 0) is 22.3 Å². The SMILES string of the molecule is CCNC(=NCc1ccc(F)cc1C(F)(F)F)N1CCC(C(=O)OC)CC1.I. The molecular weight excluding hydrogens is 493 g/mol. The van der Waals surface area contributed by atoms with Gasteiger partial charge >= 0.3 is 12.1 Å². The minimum absolute atomic E-state index is 0. The van der Waals surface area contributed by atoms with Crippen LogP contribution < -0.4 is 5.32 Å². The van der Waals surface area contributed by atoms with Crippen LogP contribution in [0.15, 0.2) is 23.2 Å². The van der Waals surface area contributed by atoms with Gasteiger partial charge in [-0.2, -0.15) is 13.2 Å². The molecule has 158 valence electrons. The fourth-order valence-electron chi connectivity index (χ4n) is 3.03. The van der Waals surface area contributed by atoms with Crippen LogP contribution in [0.3, 0.4) is 0 Å². The number of benzene rings is 1. The van der Waals surface area contributed by atoms with Crippen molar-refractivity contribution >= 4 is 35.9 Å². The van der Waals surface area contributed by atoms with Crippen LogP contribution >= 0.6 is 24.0 Å². The van der Waals surface area contributed by atoms with Crippen molar-refractivity contribution in [2.75, 3.05) is 26.7 Å². The Hall–Kier alpha value is -1.59. The number of likely N-dealkylation sites (tertiary alicyclic amines) is 1. The molecule has 1 saturated heterocycles. The smallest absolute Gasteiger partial charge is 0.416 e. The Kier molecular flexibility index (Phi) is 9.45. The molecule has 1 aromatic carbocycles. The number of ether oxygens (including phenoxy) is 1. The van der Waals surface area contributed by atoms with Crippen molar-refractivity contribution in [2.24, 2.45) is 10.9 Å². The first-order valence-corrected chi connectivity index (χ1v) is 8.73. The molecule has 0 amide bonds. The monoisotopic (exact) mass is 517 g/mol. The van der Waals surface area contributed by atoms with Gasteiger partial charge in [-0.25, -0.2) is 9.38 Å². The van der Waals surface area contributed by atoms with Crippen molar-refractivity contribution in [1.29, 1.82) is 0 Å². The second-order valence-electron chi connectivity index (χ2n) is 6.25. The number of hydrogen-bond acceptors (Lipinski definition) is 3. The van der Waals surface area contributed by atoms with Gasteiger partial charge in [-0.15, -0.1) is 24.0 Å². The Morgan fingerprint density at radius 2 is 1.96 bits per heavy atom. The number of carbonyl (C=O) groups excluding carboxylic acids is 1. The highest BCUT2D eigenvalue weighted by atomic mass is 127. The molecule has 1 fully saturated rings. The number of halogens is 5. The average Bonchev–Trinajstić information content (AvgIpc) is 2.64. The predicted octanol–water partition coefficient (Wildman–Crippen LogP) is 3.81. The van der Waals surface area contributed by atoms with Crippen LogP contribution in [0, 0.1) is 11.7 Å². The van der Waals surface area contributed by atoms with E-state index in [4.69, 9.17) is 4.74 Å². The number of piperidine rings is 1. The summed E-state index contributed by atoms with van der Waals surface area (Å²) < 4.78 is 57.3. The van der Waals surface area contributed by atoms with Crippen molar-refractivity contribution in [3.05, 3.63) is 35.1 Å². The maximum Gasteiger partial charge on any atom is 0.416 e. The van der Waals surface area contributed by atoms with E-state index >= 15 is 0 Å². The Morgan fingerprint density at radius 1 is 1.32 bits per heavy atom. The number of methoxy groups -OCH3 is 1. The van der Waals surface area contributed by atoms with E-state index in [1.54, 1.807) is 0 Å². The maximum absolute atomic E-state index is 13.2. The highest BCUT2D eigenvalue weighted by Crippen LogP contribution is 2.33. The number of guanidine groups is 1. The lowest BCUT2D eigenvalue weighted by atomic mass is 9.97. The predicted molar refractivity (Wildman–Crippen MR) is 108 cm³/mol. The molecule has 10 heteroatoms. The zero-order chi connectivity index (χ0) is 20.0. The summed E-state index contributed by atoms with van der Waals surface area (Å²) in [4.78, 5) is 17.8.